The van der Waals surface area contributed by atoms with E-state index in [0.29, 0.717) is 0 Å². The Kier molecular flexibility index (Phi) is 6.52. The highest BCUT2D eigenvalue weighted by Crippen LogP contribution is 2.34. The largest absolute Gasteiger partial charge is 0.341 e. The lowest BCUT2D eigenvalue weighted by atomic mass is 10.0. The maximum Gasteiger partial charge on any atom is 0.259 e. The zero-order chi connectivity index (χ0) is 15.6. The molecule has 2 N–H and O–H groups in total. The maximum absolute atomic E-state index is 12.1. The van der Waals surface area contributed by atoms with Gasteiger partial charge in [0.25, 0.3) is 5.91 Å². The number of amides is 2. The lowest BCUT2D eigenvalue weighted by Crippen LogP contribution is -2.61. The van der Waals surface area contributed by atoms with E-state index in [-0.39, 0.29) is 0 Å². The van der Waals surface area contributed by atoms with E-state index in [2.05, 4.69) is 58.4 Å². The van der Waals surface area contributed by atoms with Crippen molar-refractivity contribution < 1.29 is 14.4 Å². The van der Waals surface area contributed by atoms with Gasteiger partial charge in [-0.1, -0.05) is 0 Å². The molecule has 19 heavy (non-hydrogen) atoms. The van der Waals surface area contributed by atoms with Crippen molar-refractivity contribution in [2.24, 2.45) is 0 Å². The van der Waals surface area contributed by atoms with Crippen LogP contribution in [0.3, 0.4) is 0 Å². The van der Waals surface area contributed by atoms with Crippen molar-refractivity contribution in [1.82, 2.24) is 10.6 Å². The van der Waals surface area contributed by atoms with Crippen molar-refractivity contribution in [3.05, 3.63) is 0 Å². The number of hydrogen-bond donors (Lipinski definition) is 2. The van der Waals surface area contributed by atoms with Crippen LogP contribution in [0.2, 0.25) is 0 Å². The highest BCUT2D eigenvalue weighted by Gasteiger charge is 2.39. The summed E-state index contributed by atoms with van der Waals surface area (Å²) < 4.78 is -1.16. The van der Waals surface area contributed by atoms with E-state index in [4.69, 9.17) is 11.6 Å². The summed E-state index contributed by atoms with van der Waals surface area (Å²) in [5.41, 5.74) is -2.43. The minimum Gasteiger partial charge on any atom is -0.341 e. The number of carbonyl (C=O) groups is 3. The van der Waals surface area contributed by atoms with E-state index in [0.717, 1.165) is 0 Å². The Morgan fingerprint density at radius 2 is 1.21 bits per heavy atom. The molecule has 0 aliphatic carbocycles. The molecule has 0 unspecified atom stereocenters. The van der Waals surface area contributed by atoms with Gasteiger partial charge in [-0.3, -0.25) is 14.4 Å². The molecule has 0 bridgehead atoms. The third-order valence-corrected chi connectivity index (χ3v) is 3.72. The molecule has 0 aromatic carbocycles. The van der Waals surface area contributed by atoms with E-state index < -0.39 is 30.3 Å². The molecule has 0 aliphatic rings. The number of hydrogen-bond acceptors (Lipinski definition) is 3. The second-order valence-corrected chi connectivity index (χ2v) is 12.0. The predicted octanol–water partition coefficient (Wildman–Crippen LogP) is 2.38. The molecule has 9 heteroatoms. The van der Waals surface area contributed by atoms with Gasteiger partial charge in [0, 0.05) is 0 Å². The molecule has 110 valence electrons. The summed E-state index contributed by atoms with van der Waals surface area (Å²) in [6, 6.07) is 0. The fourth-order valence-electron chi connectivity index (χ4n) is 0.901. The molecule has 2 amide bonds. The van der Waals surface area contributed by atoms with Crippen LogP contribution in [-0.2, 0) is 14.4 Å². The molecule has 0 aromatic rings. The van der Waals surface area contributed by atoms with Gasteiger partial charge >= 0.3 is 0 Å². The summed E-state index contributed by atoms with van der Waals surface area (Å²) in [7, 11) is 0. The van der Waals surface area contributed by atoms with Crippen LogP contribution in [0, 0.1) is 0 Å². The molecule has 5 nitrogen and oxygen atoms in total. The Bertz CT molecular complexity index is 405. The highest BCUT2D eigenvalue weighted by molar-refractivity contribution is 9.40. The Morgan fingerprint density at radius 3 is 1.53 bits per heavy atom. The zero-order valence-electron chi connectivity index (χ0n) is 10.7. The van der Waals surface area contributed by atoms with E-state index in [1.54, 1.807) is 0 Å². The van der Waals surface area contributed by atoms with Crippen LogP contribution < -0.4 is 10.6 Å². The quantitative estimate of drug-likeness (QED) is 0.475. The molecule has 0 rings (SSSR count). The first-order chi connectivity index (χ1) is 8.20. The van der Waals surface area contributed by atoms with E-state index >= 15 is 0 Å². The van der Waals surface area contributed by atoms with Crippen LogP contribution in [0.4, 0.5) is 0 Å². The lowest BCUT2D eigenvalue weighted by Gasteiger charge is -2.31. The van der Waals surface area contributed by atoms with Gasteiger partial charge in [-0.2, -0.15) is 0 Å². The van der Waals surface area contributed by atoms with Gasteiger partial charge in [0.15, 0.2) is 0 Å². The van der Waals surface area contributed by atoms with Gasteiger partial charge in [0.2, 0.25) is 13.3 Å². The second kappa shape index (κ2) is 6.41. The predicted molar refractivity (Wildman–Crippen MR) is 84.8 cm³/mol. The number of alkyl halides is 3. The van der Waals surface area contributed by atoms with Crippen LogP contribution in [0.5, 0.6) is 0 Å². The molecule has 0 aliphatic heterocycles. The zero-order valence-corrected chi connectivity index (χ0v) is 16.3. The molecule has 0 saturated carbocycles. The third-order valence-electron chi connectivity index (χ3n) is 2.17. The lowest BCUT2D eigenvalue weighted by molar-refractivity contribution is -0.134. The molecule has 0 heterocycles. The van der Waals surface area contributed by atoms with Crippen molar-refractivity contribution in [1.29, 1.82) is 0 Å². The average Bonchev–Trinajstić information content (AvgIpc) is 2.14. The number of rotatable bonds is 4. The van der Waals surface area contributed by atoms with Crippen molar-refractivity contribution >= 4 is 76.4 Å². The van der Waals surface area contributed by atoms with Crippen LogP contribution in [-0.4, -0.2) is 30.3 Å². The average molecular weight is 485 g/mol. The van der Waals surface area contributed by atoms with E-state index in [1.165, 1.54) is 27.7 Å². The van der Waals surface area contributed by atoms with Gasteiger partial charge in [-0.05, 0) is 87.1 Å². The van der Waals surface area contributed by atoms with Crippen molar-refractivity contribution in [2.75, 3.05) is 0 Å². The van der Waals surface area contributed by atoms with Crippen molar-refractivity contribution in [3.63, 3.8) is 0 Å². The molecule has 0 saturated heterocycles. The fraction of sp³-hybridized carbons (Fsp3) is 0.700. The molecule has 0 radical (unpaired) electrons. The van der Waals surface area contributed by atoms with Gasteiger partial charge in [-0.25, -0.2) is 0 Å². The Labute approximate surface area is 142 Å². The summed E-state index contributed by atoms with van der Waals surface area (Å²) >= 11 is 14.5. The molecule has 0 aromatic heterocycles. The number of carbonyl (C=O) groups excluding carboxylic acids is 3. The van der Waals surface area contributed by atoms with E-state index in [1.807, 2.05) is 0 Å². The third kappa shape index (κ3) is 6.10. The molecule has 0 fully saturated rings. The summed E-state index contributed by atoms with van der Waals surface area (Å²) in [6.07, 6.45) is 0. The Hall–Kier alpha value is 0.340. The van der Waals surface area contributed by atoms with Gasteiger partial charge in [0.05, 0.1) is 0 Å². The number of halogens is 4. The molecular formula is C10H14Br3ClN2O3. The SMILES string of the molecule is CC(C)(NC(=O)C(C)(C)NC(=O)C(Br)(Br)Br)C(=O)Cl. The maximum atomic E-state index is 12.1. The monoisotopic (exact) mass is 482 g/mol. The van der Waals surface area contributed by atoms with Gasteiger partial charge in [-0.15, -0.1) is 0 Å². The van der Waals surface area contributed by atoms with E-state index in [9.17, 15) is 14.4 Å². The van der Waals surface area contributed by atoms with Crippen molar-refractivity contribution in [3.8, 4) is 0 Å². The Morgan fingerprint density at radius 1 is 0.842 bits per heavy atom. The molecule has 0 atom stereocenters. The first-order valence-corrected chi connectivity index (χ1v) is 7.88. The minimum atomic E-state index is -1.22. The normalized spacial score (nSPS) is 12.8. The fourth-order valence-corrected chi connectivity index (χ4v) is 1.25. The van der Waals surface area contributed by atoms with Crippen LogP contribution >= 0.6 is 59.4 Å². The smallest absolute Gasteiger partial charge is 0.259 e. The number of nitrogens with one attached hydrogen (secondary N) is 2. The molecular weight excluding hydrogens is 471 g/mol. The van der Waals surface area contributed by atoms with Crippen LogP contribution in [0.15, 0.2) is 0 Å². The topological polar surface area (TPSA) is 75.3 Å². The standard InChI is InChI=1S/C10H14Br3ClN2O3/c1-8(2,5(14)17)15-6(18)9(3,4)16-7(19)10(11,12)13/h1-4H3,(H,15,18)(H,16,19). The van der Waals surface area contributed by atoms with Crippen LogP contribution in [0.25, 0.3) is 0 Å². The van der Waals surface area contributed by atoms with Crippen molar-refractivity contribution in [2.45, 2.75) is 40.9 Å². The highest BCUT2D eigenvalue weighted by atomic mass is 80.0. The summed E-state index contributed by atoms with van der Waals surface area (Å²) in [4.78, 5) is 35.0. The molecule has 0 spiro atoms. The van der Waals surface area contributed by atoms with Gasteiger partial charge in [0.1, 0.15) is 11.1 Å². The first-order valence-electron chi connectivity index (χ1n) is 5.12. The minimum absolute atomic E-state index is 0.498. The Balaban J connectivity index is 4.89. The van der Waals surface area contributed by atoms with Crippen LogP contribution in [0.1, 0.15) is 27.7 Å². The first kappa shape index (κ1) is 19.3. The summed E-state index contributed by atoms with van der Waals surface area (Å²) in [5, 5.41) is 4.29. The second-order valence-electron chi connectivity index (χ2n) is 4.93. The van der Waals surface area contributed by atoms with Gasteiger partial charge < -0.3 is 10.6 Å². The summed E-state index contributed by atoms with van der Waals surface area (Å²) in [6.45, 7) is 5.96. The summed E-state index contributed by atoms with van der Waals surface area (Å²) in [5.74, 6) is -1.03.